The van der Waals surface area contributed by atoms with Gasteiger partial charge in [-0.3, -0.25) is 14.5 Å². The summed E-state index contributed by atoms with van der Waals surface area (Å²) in [5.41, 5.74) is 9.57. The van der Waals surface area contributed by atoms with Crippen molar-refractivity contribution in [2.24, 2.45) is 5.92 Å². The Bertz CT molecular complexity index is 2120. The highest BCUT2D eigenvalue weighted by atomic mass is 32.1. The lowest BCUT2D eigenvalue weighted by atomic mass is 9.91. The first kappa shape index (κ1) is 32.6. The van der Waals surface area contributed by atoms with E-state index in [1.165, 1.54) is 0 Å². The van der Waals surface area contributed by atoms with Crippen molar-refractivity contribution in [2.75, 3.05) is 33.7 Å². The summed E-state index contributed by atoms with van der Waals surface area (Å²) in [5, 5.41) is 20.3. The molecule has 4 heterocycles. The summed E-state index contributed by atoms with van der Waals surface area (Å²) < 4.78 is 6.27. The molecule has 5 aromatic rings. The molecule has 0 saturated carbocycles. The van der Waals surface area contributed by atoms with Gasteiger partial charge in [0.15, 0.2) is 5.58 Å². The number of rotatable bonds is 9. The number of hydrogen-bond donors (Lipinski definition) is 1. The highest BCUT2D eigenvalue weighted by molar-refractivity contribution is 7.15. The van der Waals surface area contributed by atoms with Gasteiger partial charge in [-0.15, -0.1) is 11.3 Å². The van der Waals surface area contributed by atoms with Gasteiger partial charge in [0.05, 0.1) is 30.3 Å². The average molecular weight is 675 g/mol. The minimum absolute atomic E-state index is 0.162. The van der Waals surface area contributed by atoms with E-state index < -0.39 is 5.97 Å². The van der Waals surface area contributed by atoms with Gasteiger partial charge in [-0.1, -0.05) is 30.3 Å². The summed E-state index contributed by atoms with van der Waals surface area (Å²) in [4.78, 5) is 41.2. The van der Waals surface area contributed by atoms with E-state index in [4.69, 9.17) is 14.4 Å². The van der Waals surface area contributed by atoms with Gasteiger partial charge < -0.3 is 19.3 Å². The van der Waals surface area contributed by atoms with E-state index in [9.17, 15) is 20.0 Å². The third-order valence-corrected chi connectivity index (χ3v) is 10.8. The number of carboxylic acids is 1. The molecule has 0 aliphatic carbocycles. The van der Waals surface area contributed by atoms with Crippen molar-refractivity contribution < 1.29 is 19.1 Å². The molecule has 3 aromatic carbocycles. The molecule has 0 bridgehead atoms. The van der Waals surface area contributed by atoms with Gasteiger partial charge in [0.25, 0.3) is 0 Å². The SMILES string of the molecule is Cc1c(-c2nc3cc(CN4CC[C@@H](C(=O)O)C4)cc(C#N)c3o2)cccc1-c1cccc(-c2nc3c(s2)CN(C(=O)CCN(C)C)C3)c1C. The summed E-state index contributed by atoms with van der Waals surface area (Å²) in [7, 11) is 3.95. The Morgan fingerprint density at radius 3 is 2.43 bits per heavy atom. The number of carboxylic acid groups (broad SMARTS) is 1. The van der Waals surface area contributed by atoms with Crippen molar-refractivity contribution in [3.8, 4) is 39.2 Å². The second-order valence-corrected chi connectivity index (χ2v) is 14.4. The Balaban J connectivity index is 1.15. The van der Waals surface area contributed by atoms with Gasteiger partial charge in [0, 0.05) is 42.1 Å². The van der Waals surface area contributed by atoms with Crippen LogP contribution in [0.25, 0.3) is 44.3 Å². The Morgan fingerprint density at radius 2 is 1.76 bits per heavy atom. The molecule has 11 heteroatoms. The molecule has 2 aliphatic rings. The maximum Gasteiger partial charge on any atom is 0.307 e. The van der Waals surface area contributed by atoms with Crippen LogP contribution in [0, 0.1) is 31.1 Å². The molecule has 10 nitrogen and oxygen atoms in total. The van der Waals surface area contributed by atoms with Crippen LogP contribution in [0.4, 0.5) is 0 Å². The molecule has 0 spiro atoms. The standard InChI is InChI=1S/C38H38N6O4S/c1-22-27(28-8-6-10-30(23(28)2)37-41-32-20-44(21-33(32)49-37)34(45)12-13-42(3)4)7-5-9-29(22)36-40-31-16-24(15-26(17-39)35(31)48-36)18-43-14-11-25(19-43)38(46)47/h5-10,15-16,25H,11-14,18-21H2,1-4H3,(H,46,47)/t25-/m1/s1. The zero-order chi connectivity index (χ0) is 34.4. The lowest BCUT2D eigenvalue weighted by Crippen LogP contribution is -2.28. The van der Waals surface area contributed by atoms with Gasteiger partial charge in [0.1, 0.15) is 16.6 Å². The molecule has 1 atom stereocenters. The van der Waals surface area contributed by atoms with Gasteiger partial charge in [0.2, 0.25) is 11.8 Å². The smallest absolute Gasteiger partial charge is 0.307 e. The maximum atomic E-state index is 12.7. The number of benzene rings is 3. The van der Waals surface area contributed by atoms with Crippen LogP contribution in [-0.4, -0.2) is 75.4 Å². The Kier molecular flexibility index (Phi) is 8.79. The average Bonchev–Trinajstić information content (AvgIpc) is 3.87. The molecule has 250 valence electrons. The highest BCUT2D eigenvalue weighted by Gasteiger charge is 2.29. The van der Waals surface area contributed by atoms with Crippen molar-refractivity contribution in [2.45, 2.75) is 46.3 Å². The van der Waals surface area contributed by atoms with Crippen LogP contribution in [0.5, 0.6) is 0 Å². The fourth-order valence-corrected chi connectivity index (χ4v) is 8.11. The van der Waals surface area contributed by atoms with Crippen LogP contribution >= 0.6 is 11.3 Å². The fourth-order valence-electron chi connectivity index (χ4n) is 6.94. The lowest BCUT2D eigenvalue weighted by Gasteiger charge is -2.17. The van der Waals surface area contributed by atoms with Gasteiger partial charge in [-0.2, -0.15) is 5.26 Å². The summed E-state index contributed by atoms with van der Waals surface area (Å²) in [6.07, 6.45) is 1.13. The molecule has 0 unspecified atom stereocenters. The minimum atomic E-state index is -0.764. The molecular formula is C38H38N6O4S. The second-order valence-electron chi connectivity index (χ2n) is 13.3. The number of fused-ring (bicyclic) bond motifs is 2. The number of oxazole rings is 1. The maximum absolute atomic E-state index is 12.7. The van der Waals surface area contributed by atoms with E-state index in [1.807, 2.05) is 48.2 Å². The summed E-state index contributed by atoms with van der Waals surface area (Å²) in [6, 6.07) is 18.4. The normalized spacial score (nSPS) is 16.1. The number of likely N-dealkylation sites (tertiary alicyclic amines) is 1. The first-order valence-corrected chi connectivity index (χ1v) is 17.3. The fraction of sp³-hybridized carbons (Fsp3) is 0.342. The molecule has 7 rings (SSSR count). The van der Waals surface area contributed by atoms with Gasteiger partial charge in [-0.25, -0.2) is 9.97 Å². The van der Waals surface area contributed by atoms with Crippen LogP contribution in [0.1, 0.15) is 45.7 Å². The van der Waals surface area contributed by atoms with E-state index in [0.29, 0.717) is 68.1 Å². The number of thiazole rings is 1. The van der Waals surface area contributed by atoms with Crippen LogP contribution in [0.2, 0.25) is 0 Å². The molecule has 2 aromatic heterocycles. The number of aliphatic carboxylic acids is 1. The number of hydrogen-bond acceptors (Lipinski definition) is 9. The number of amides is 1. The summed E-state index contributed by atoms with van der Waals surface area (Å²) in [6.45, 7) is 7.84. The van der Waals surface area contributed by atoms with Crippen molar-refractivity contribution in [3.63, 3.8) is 0 Å². The van der Waals surface area contributed by atoms with E-state index in [2.05, 4.69) is 49.1 Å². The van der Waals surface area contributed by atoms with Crippen molar-refractivity contribution in [1.29, 1.82) is 5.26 Å². The second kappa shape index (κ2) is 13.2. The van der Waals surface area contributed by atoms with E-state index >= 15 is 0 Å². The number of nitrogens with zero attached hydrogens (tertiary/aromatic N) is 6. The van der Waals surface area contributed by atoms with Crippen LogP contribution < -0.4 is 0 Å². The number of aromatic nitrogens is 2. The third kappa shape index (κ3) is 6.35. The third-order valence-electron chi connectivity index (χ3n) is 9.70. The highest BCUT2D eigenvalue weighted by Crippen LogP contribution is 2.40. The van der Waals surface area contributed by atoms with E-state index in [1.54, 1.807) is 11.3 Å². The summed E-state index contributed by atoms with van der Waals surface area (Å²) in [5.74, 6) is -0.514. The molecular weight excluding hydrogens is 637 g/mol. The monoisotopic (exact) mass is 674 g/mol. The molecule has 0 radical (unpaired) electrons. The zero-order valence-corrected chi connectivity index (χ0v) is 28.9. The van der Waals surface area contributed by atoms with Crippen molar-refractivity contribution in [1.82, 2.24) is 24.7 Å². The molecule has 1 amide bonds. The van der Waals surface area contributed by atoms with Gasteiger partial charge in [-0.05, 0) is 86.9 Å². The molecule has 49 heavy (non-hydrogen) atoms. The number of carbonyl (C=O) groups excluding carboxylic acids is 1. The van der Waals surface area contributed by atoms with Gasteiger partial charge >= 0.3 is 5.97 Å². The lowest BCUT2D eigenvalue weighted by molar-refractivity contribution is -0.141. The minimum Gasteiger partial charge on any atom is -0.481 e. The van der Waals surface area contributed by atoms with Crippen LogP contribution in [0.15, 0.2) is 52.9 Å². The Morgan fingerprint density at radius 1 is 1.04 bits per heavy atom. The molecule has 1 fully saturated rings. The van der Waals surface area contributed by atoms with E-state index in [0.717, 1.165) is 61.1 Å². The van der Waals surface area contributed by atoms with Crippen molar-refractivity contribution in [3.05, 3.63) is 81.4 Å². The van der Waals surface area contributed by atoms with Crippen LogP contribution in [0.3, 0.4) is 0 Å². The first-order valence-electron chi connectivity index (χ1n) is 16.5. The number of nitriles is 1. The van der Waals surface area contributed by atoms with Crippen LogP contribution in [-0.2, 0) is 29.2 Å². The molecule has 2 aliphatic heterocycles. The van der Waals surface area contributed by atoms with E-state index in [-0.39, 0.29) is 11.8 Å². The molecule has 1 saturated heterocycles. The quantitative estimate of drug-likeness (QED) is 0.187. The Hall–Kier alpha value is -4.89. The Labute approximate surface area is 289 Å². The predicted octanol–water partition coefficient (Wildman–Crippen LogP) is 6.47. The predicted molar refractivity (Wildman–Crippen MR) is 189 cm³/mol. The summed E-state index contributed by atoms with van der Waals surface area (Å²) >= 11 is 1.67. The first-order chi connectivity index (χ1) is 23.6. The topological polar surface area (TPSA) is 127 Å². The van der Waals surface area contributed by atoms with Crippen molar-refractivity contribution >= 4 is 34.3 Å². The molecule has 1 N–H and O–H groups in total. The number of carbonyl (C=O) groups is 2. The zero-order valence-electron chi connectivity index (χ0n) is 28.1. The largest absolute Gasteiger partial charge is 0.481 e.